The molecule has 1 aliphatic carbocycles. The fourth-order valence-electron chi connectivity index (χ4n) is 4.02. The molecule has 4 rings (SSSR count). The van der Waals surface area contributed by atoms with Gasteiger partial charge in [-0.1, -0.05) is 25.0 Å². The van der Waals surface area contributed by atoms with Gasteiger partial charge in [0, 0.05) is 12.0 Å². The van der Waals surface area contributed by atoms with E-state index in [1.165, 1.54) is 12.1 Å². The summed E-state index contributed by atoms with van der Waals surface area (Å²) in [6, 6.07) is 9.51. The fourth-order valence-corrected chi connectivity index (χ4v) is 4.02. The number of hydrogen-bond donors (Lipinski definition) is 1. The number of carbonyl (C=O) groups is 1. The Labute approximate surface area is 156 Å². The van der Waals surface area contributed by atoms with Gasteiger partial charge in [-0.3, -0.25) is 4.79 Å². The standard InChI is InChI=1S/C21H21F2NO3/c22-16-5-3-4-15(19(16)23)20(25)24-13-21(8-1-2-9-21)14-6-7-17-18(12-14)27-11-10-26-17/h3-7,12H,1-2,8-11,13H2,(H,24,25). The van der Waals surface area contributed by atoms with Crippen LogP contribution in [0.2, 0.25) is 0 Å². The minimum Gasteiger partial charge on any atom is -0.486 e. The number of hydrogen-bond acceptors (Lipinski definition) is 3. The molecule has 2 aromatic carbocycles. The van der Waals surface area contributed by atoms with Gasteiger partial charge in [-0.25, -0.2) is 8.78 Å². The first-order valence-corrected chi connectivity index (χ1v) is 9.21. The molecule has 1 N–H and O–H groups in total. The van der Waals surface area contributed by atoms with E-state index in [4.69, 9.17) is 9.47 Å². The zero-order valence-corrected chi connectivity index (χ0v) is 14.9. The highest BCUT2D eigenvalue weighted by Crippen LogP contribution is 2.43. The second-order valence-electron chi connectivity index (χ2n) is 7.13. The van der Waals surface area contributed by atoms with Gasteiger partial charge in [0.25, 0.3) is 5.91 Å². The first-order chi connectivity index (χ1) is 13.1. The topological polar surface area (TPSA) is 47.6 Å². The van der Waals surface area contributed by atoms with Crippen LogP contribution in [0.5, 0.6) is 11.5 Å². The molecule has 0 spiro atoms. The average Bonchev–Trinajstić information content (AvgIpc) is 3.18. The summed E-state index contributed by atoms with van der Waals surface area (Å²) in [6.45, 7) is 1.41. The second kappa shape index (κ2) is 7.18. The normalized spacial score (nSPS) is 17.6. The second-order valence-corrected chi connectivity index (χ2v) is 7.13. The van der Waals surface area contributed by atoms with Crippen molar-refractivity contribution in [2.75, 3.05) is 19.8 Å². The van der Waals surface area contributed by atoms with Gasteiger partial charge >= 0.3 is 0 Å². The van der Waals surface area contributed by atoms with Crippen molar-refractivity contribution < 1.29 is 23.0 Å². The van der Waals surface area contributed by atoms with E-state index >= 15 is 0 Å². The van der Waals surface area contributed by atoms with Crippen molar-refractivity contribution in [1.82, 2.24) is 5.32 Å². The Kier molecular flexibility index (Phi) is 4.72. The monoisotopic (exact) mass is 373 g/mol. The van der Waals surface area contributed by atoms with Crippen molar-refractivity contribution in [3.05, 3.63) is 59.2 Å². The van der Waals surface area contributed by atoms with Gasteiger partial charge in [0.2, 0.25) is 0 Å². The van der Waals surface area contributed by atoms with Crippen molar-refractivity contribution in [3.63, 3.8) is 0 Å². The van der Waals surface area contributed by atoms with Crippen molar-refractivity contribution in [1.29, 1.82) is 0 Å². The molecule has 27 heavy (non-hydrogen) atoms. The molecular weight excluding hydrogens is 352 g/mol. The van der Waals surface area contributed by atoms with Crippen LogP contribution in [0, 0.1) is 11.6 Å². The summed E-state index contributed by atoms with van der Waals surface area (Å²) >= 11 is 0. The van der Waals surface area contributed by atoms with E-state index < -0.39 is 17.5 Å². The van der Waals surface area contributed by atoms with E-state index in [0.29, 0.717) is 25.5 Å². The molecule has 0 radical (unpaired) electrons. The van der Waals surface area contributed by atoms with Crippen LogP contribution >= 0.6 is 0 Å². The third-order valence-electron chi connectivity index (χ3n) is 5.50. The maximum atomic E-state index is 13.9. The largest absolute Gasteiger partial charge is 0.486 e. The van der Waals surface area contributed by atoms with Gasteiger partial charge in [-0.05, 0) is 42.7 Å². The smallest absolute Gasteiger partial charge is 0.254 e. The Morgan fingerprint density at radius 2 is 1.78 bits per heavy atom. The lowest BCUT2D eigenvalue weighted by molar-refractivity contribution is 0.0938. The number of nitrogens with one attached hydrogen (secondary N) is 1. The third kappa shape index (κ3) is 3.36. The average molecular weight is 373 g/mol. The van der Waals surface area contributed by atoms with Gasteiger partial charge in [-0.2, -0.15) is 0 Å². The molecule has 1 saturated carbocycles. The number of halogens is 2. The SMILES string of the molecule is O=C(NCC1(c2ccc3c(c2)OCCO3)CCCC1)c1cccc(F)c1F. The van der Waals surface area contributed by atoms with Crippen molar-refractivity contribution in [2.24, 2.45) is 0 Å². The van der Waals surface area contributed by atoms with Gasteiger partial charge in [0.15, 0.2) is 23.1 Å². The summed E-state index contributed by atoms with van der Waals surface area (Å²) in [6.07, 6.45) is 3.94. The van der Waals surface area contributed by atoms with Crippen LogP contribution in [0.15, 0.2) is 36.4 Å². The van der Waals surface area contributed by atoms with Gasteiger partial charge < -0.3 is 14.8 Å². The fraction of sp³-hybridized carbons (Fsp3) is 0.381. The first kappa shape index (κ1) is 17.8. The molecule has 1 amide bonds. The van der Waals surface area contributed by atoms with Crippen molar-refractivity contribution >= 4 is 5.91 Å². The molecule has 0 saturated heterocycles. The highest BCUT2D eigenvalue weighted by Gasteiger charge is 2.37. The van der Waals surface area contributed by atoms with Crippen molar-refractivity contribution in [2.45, 2.75) is 31.1 Å². The third-order valence-corrected chi connectivity index (χ3v) is 5.50. The van der Waals surface area contributed by atoms with E-state index in [0.717, 1.165) is 43.1 Å². The number of rotatable bonds is 4. The number of carbonyl (C=O) groups excluding carboxylic acids is 1. The molecular formula is C21H21F2NO3. The molecule has 4 nitrogen and oxygen atoms in total. The van der Waals surface area contributed by atoms with Crippen LogP contribution < -0.4 is 14.8 Å². The van der Waals surface area contributed by atoms with Gasteiger partial charge in [-0.15, -0.1) is 0 Å². The highest BCUT2D eigenvalue weighted by atomic mass is 19.2. The summed E-state index contributed by atoms with van der Waals surface area (Å²) in [5, 5.41) is 2.81. The van der Waals surface area contributed by atoms with Gasteiger partial charge in [0.1, 0.15) is 13.2 Å². The van der Waals surface area contributed by atoms with Gasteiger partial charge in [0.05, 0.1) is 5.56 Å². The Morgan fingerprint density at radius 3 is 2.56 bits per heavy atom. The minimum atomic E-state index is -1.12. The van der Waals surface area contributed by atoms with E-state index in [-0.39, 0.29) is 11.0 Å². The quantitative estimate of drug-likeness (QED) is 0.882. The summed E-state index contributed by atoms with van der Waals surface area (Å²) in [7, 11) is 0. The van der Waals surface area contributed by atoms with Crippen LogP contribution in [-0.2, 0) is 5.41 Å². The minimum absolute atomic E-state index is 0.241. The Hall–Kier alpha value is -2.63. The van der Waals surface area contributed by atoms with Crippen LogP contribution in [-0.4, -0.2) is 25.7 Å². The molecule has 6 heteroatoms. The summed E-state index contributed by atoms with van der Waals surface area (Å²) < 4.78 is 38.6. The molecule has 1 aliphatic heterocycles. The Balaban J connectivity index is 1.56. The lowest BCUT2D eigenvalue weighted by Crippen LogP contribution is -2.39. The predicted octanol–water partition coefficient (Wildman–Crippen LogP) is 3.98. The number of amides is 1. The maximum Gasteiger partial charge on any atom is 0.254 e. The van der Waals surface area contributed by atoms with Crippen LogP contribution in [0.4, 0.5) is 8.78 Å². The molecule has 2 aliphatic rings. The van der Waals surface area contributed by atoms with E-state index in [2.05, 4.69) is 5.32 Å². The van der Waals surface area contributed by atoms with Crippen LogP contribution in [0.1, 0.15) is 41.6 Å². The Bertz CT molecular complexity index is 863. The summed E-state index contributed by atoms with van der Waals surface area (Å²) in [5.41, 5.74) is 0.560. The molecule has 0 atom stereocenters. The molecule has 0 unspecified atom stereocenters. The lowest BCUT2D eigenvalue weighted by atomic mass is 9.78. The highest BCUT2D eigenvalue weighted by molar-refractivity contribution is 5.94. The molecule has 142 valence electrons. The first-order valence-electron chi connectivity index (χ1n) is 9.21. The molecule has 1 heterocycles. The molecule has 1 fully saturated rings. The van der Waals surface area contributed by atoms with E-state index in [1.807, 2.05) is 18.2 Å². The van der Waals surface area contributed by atoms with Crippen LogP contribution in [0.3, 0.4) is 0 Å². The predicted molar refractivity (Wildman–Crippen MR) is 96.3 cm³/mol. The zero-order chi connectivity index (χ0) is 18.9. The molecule has 0 bridgehead atoms. The summed E-state index contributed by atoms with van der Waals surface area (Å²) in [4.78, 5) is 12.4. The number of ether oxygens (including phenoxy) is 2. The Morgan fingerprint density at radius 1 is 1.04 bits per heavy atom. The number of benzene rings is 2. The zero-order valence-electron chi connectivity index (χ0n) is 14.9. The lowest BCUT2D eigenvalue weighted by Gasteiger charge is -2.31. The van der Waals surface area contributed by atoms with Crippen LogP contribution in [0.25, 0.3) is 0 Å². The van der Waals surface area contributed by atoms with Crippen molar-refractivity contribution in [3.8, 4) is 11.5 Å². The molecule has 2 aromatic rings. The van der Waals surface area contributed by atoms with E-state index in [1.54, 1.807) is 0 Å². The summed E-state index contributed by atoms with van der Waals surface area (Å²) in [5.74, 6) is -1.30. The maximum absolute atomic E-state index is 13.9. The van der Waals surface area contributed by atoms with E-state index in [9.17, 15) is 13.6 Å². The number of fused-ring (bicyclic) bond motifs is 1. The molecule has 0 aromatic heterocycles.